The Bertz CT molecular complexity index is 699. The van der Waals surface area contributed by atoms with Crippen LogP contribution < -0.4 is 4.90 Å². The summed E-state index contributed by atoms with van der Waals surface area (Å²) in [5.41, 5.74) is 1.16. The standard InChI is InChI=1S/C23H38N6O/c1-17(2)11-22(30)27-9-7-26(8-10-27)14-19-12-24-23(25-13-19)29-20-5-6-21(29)16-28(15-20)18(3)4/h12-13,17-18,20-21H,5-11,14-16H2,1-4H3. The normalized spacial score (nSPS) is 25.5. The third-order valence-electron chi connectivity index (χ3n) is 6.88. The molecule has 0 aromatic carbocycles. The summed E-state index contributed by atoms with van der Waals surface area (Å²) in [6, 6.07) is 1.71. The van der Waals surface area contributed by atoms with Gasteiger partial charge in [0.25, 0.3) is 0 Å². The molecule has 2 atom stereocenters. The van der Waals surface area contributed by atoms with Crippen LogP contribution in [0.1, 0.15) is 52.5 Å². The maximum Gasteiger partial charge on any atom is 0.225 e. The fourth-order valence-electron chi connectivity index (χ4n) is 5.14. The third kappa shape index (κ3) is 4.78. The van der Waals surface area contributed by atoms with Crippen molar-refractivity contribution >= 4 is 11.9 Å². The van der Waals surface area contributed by atoms with E-state index in [-0.39, 0.29) is 0 Å². The maximum atomic E-state index is 12.3. The van der Waals surface area contributed by atoms with Gasteiger partial charge in [-0.25, -0.2) is 9.97 Å². The zero-order chi connectivity index (χ0) is 21.3. The van der Waals surface area contributed by atoms with E-state index in [2.05, 4.69) is 42.4 Å². The highest BCUT2D eigenvalue weighted by molar-refractivity contribution is 5.76. The molecule has 1 aromatic rings. The number of aromatic nitrogens is 2. The lowest BCUT2D eigenvalue weighted by atomic mass is 10.1. The van der Waals surface area contributed by atoms with E-state index in [1.165, 1.54) is 12.8 Å². The van der Waals surface area contributed by atoms with E-state index in [1.807, 2.05) is 17.3 Å². The van der Waals surface area contributed by atoms with E-state index >= 15 is 0 Å². The molecule has 2 unspecified atom stereocenters. The molecule has 30 heavy (non-hydrogen) atoms. The Morgan fingerprint density at radius 1 is 1.00 bits per heavy atom. The van der Waals surface area contributed by atoms with E-state index in [4.69, 9.17) is 9.97 Å². The number of carbonyl (C=O) groups is 1. The summed E-state index contributed by atoms with van der Waals surface area (Å²) < 4.78 is 0. The SMILES string of the molecule is CC(C)CC(=O)N1CCN(Cc2cnc(N3C4CCC3CN(C(C)C)C4)nc2)CC1. The summed E-state index contributed by atoms with van der Waals surface area (Å²) in [5.74, 6) is 1.62. The van der Waals surface area contributed by atoms with Crippen LogP contribution in [0.5, 0.6) is 0 Å². The molecule has 166 valence electrons. The summed E-state index contributed by atoms with van der Waals surface area (Å²) in [6.45, 7) is 15.4. The molecule has 3 aliphatic heterocycles. The van der Waals surface area contributed by atoms with E-state index in [9.17, 15) is 4.79 Å². The van der Waals surface area contributed by atoms with Crippen LogP contribution in [0.25, 0.3) is 0 Å². The van der Waals surface area contributed by atoms with Crippen LogP contribution in [-0.4, -0.2) is 88.0 Å². The molecule has 4 rings (SSSR count). The second-order valence-electron chi connectivity index (χ2n) is 9.99. The van der Waals surface area contributed by atoms with Crippen molar-refractivity contribution < 1.29 is 4.79 Å². The first-order chi connectivity index (χ1) is 14.4. The van der Waals surface area contributed by atoms with E-state index in [0.717, 1.165) is 57.3 Å². The van der Waals surface area contributed by atoms with Crippen LogP contribution in [0, 0.1) is 5.92 Å². The molecular weight excluding hydrogens is 376 g/mol. The molecule has 0 aliphatic carbocycles. The Labute approximate surface area is 181 Å². The van der Waals surface area contributed by atoms with Gasteiger partial charge >= 0.3 is 0 Å². The summed E-state index contributed by atoms with van der Waals surface area (Å²) >= 11 is 0. The number of nitrogens with zero attached hydrogens (tertiary/aromatic N) is 6. The number of amides is 1. The van der Waals surface area contributed by atoms with Crippen molar-refractivity contribution in [2.75, 3.05) is 44.2 Å². The van der Waals surface area contributed by atoms with Crippen LogP contribution in [0.2, 0.25) is 0 Å². The molecule has 3 aliphatic rings. The van der Waals surface area contributed by atoms with Crippen molar-refractivity contribution in [3.63, 3.8) is 0 Å². The van der Waals surface area contributed by atoms with Crippen molar-refractivity contribution in [3.05, 3.63) is 18.0 Å². The molecule has 1 aromatic heterocycles. The zero-order valence-electron chi connectivity index (χ0n) is 19.1. The minimum Gasteiger partial charge on any atom is -0.340 e. The first-order valence-corrected chi connectivity index (χ1v) is 11.7. The predicted molar refractivity (Wildman–Crippen MR) is 119 cm³/mol. The Hall–Kier alpha value is -1.73. The Balaban J connectivity index is 1.30. The van der Waals surface area contributed by atoms with E-state index < -0.39 is 0 Å². The minimum atomic E-state index is 0.296. The second kappa shape index (κ2) is 9.18. The summed E-state index contributed by atoms with van der Waals surface area (Å²) in [5, 5.41) is 0. The molecule has 7 nitrogen and oxygen atoms in total. The summed E-state index contributed by atoms with van der Waals surface area (Å²) in [7, 11) is 0. The molecule has 0 saturated carbocycles. The zero-order valence-corrected chi connectivity index (χ0v) is 19.1. The highest BCUT2D eigenvalue weighted by atomic mass is 16.2. The van der Waals surface area contributed by atoms with Gasteiger partial charge in [0, 0.05) is 88.3 Å². The maximum absolute atomic E-state index is 12.3. The topological polar surface area (TPSA) is 55.8 Å². The molecule has 0 spiro atoms. The first kappa shape index (κ1) is 21.5. The molecule has 3 saturated heterocycles. The van der Waals surface area contributed by atoms with Crippen molar-refractivity contribution in [2.24, 2.45) is 5.92 Å². The van der Waals surface area contributed by atoms with Crippen molar-refractivity contribution in [1.29, 1.82) is 0 Å². The Morgan fingerprint density at radius 2 is 1.60 bits per heavy atom. The Kier molecular flexibility index (Phi) is 6.58. The molecule has 7 heteroatoms. The van der Waals surface area contributed by atoms with Gasteiger partial charge in [0.05, 0.1) is 0 Å². The van der Waals surface area contributed by atoms with Gasteiger partial charge in [-0.05, 0) is 32.6 Å². The third-order valence-corrected chi connectivity index (χ3v) is 6.88. The summed E-state index contributed by atoms with van der Waals surface area (Å²) in [6.07, 6.45) is 7.17. The number of fused-ring (bicyclic) bond motifs is 2. The number of likely N-dealkylation sites (tertiary alicyclic amines) is 1. The van der Waals surface area contributed by atoms with Gasteiger partial charge in [0.1, 0.15) is 0 Å². The smallest absolute Gasteiger partial charge is 0.225 e. The van der Waals surface area contributed by atoms with Crippen molar-refractivity contribution in [2.45, 2.75) is 71.6 Å². The van der Waals surface area contributed by atoms with Crippen LogP contribution in [-0.2, 0) is 11.3 Å². The summed E-state index contributed by atoms with van der Waals surface area (Å²) in [4.78, 5) is 31.3. The van der Waals surface area contributed by atoms with E-state index in [0.29, 0.717) is 36.4 Å². The van der Waals surface area contributed by atoms with Gasteiger partial charge in [-0.2, -0.15) is 0 Å². The molecular formula is C23H38N6O. The molecule has 0 radical (unpaired) electrons. The van der Waals surface area contributed by atoms with Gasteiger partial charge in [0.2, 0.25) is 11.9 Å². The first-order valence-electron chi connectivity index (χ1n) is 11.7. The van der Waals surface area contributed by atoms with Crippen LogP contribution in [0.3, 0.4) is 0 Å². The fourth-order valence-corrected chi connectivity index (χ4v) is 5.14. The number of anilines is 1. The van der Waals surface area contributed by atoms with E-state index in [1.54, 1.807) is 0 Å². The number of hydrogen-bond acceptors (Lipinski definition) is 6. The van der Waals surface area contributed by atoms with Crippen LogP contribution in [0.4, 0.5) is 5.95 Å². The second-order valence-corrected chi connectivity index (χ2v) is 9.99. The predicted octanol–water partition coefficient (Wildman–Crippen LogP) is 2.23. The van der Waals surface area contributed by atoms with Gasteiger partial charge in [-0.15, -0.1) is 0 Å². The molecule has 4 heterocycles. The molecule has 2 bridgehead atoms. The van der Waals surface area contributed by atoms with Gasteiger partial charge in [-0.1, -0.05) is 13.8 Å². The largest absolute Gasteiger partial charge is 0.340 e. The number of piperazine rings is 2. The van der Waals surface area contributed by atoms with Gasteiger partial charge in [-0.3, -0.25) is 14.6 Å². The lowest BCUT2D eigenvalue weighted by Crippen LogP contribution is -2.56. The number of carbonyl (C=O) groups excluding carboxylic acids is 1. The molecule has 1 amide bonds. The van der Waals surface area contributed by atoms with Crippen LogP contribution >= 0.6 is 0 Å². The van der Waals surface area contributed by atoms with Crippen LogP contribution in [0.15, 0.2) is 12.4 Å². The highest BCUT2D eigenvalue weighted by Crippen LogP contribution is 2.33. The fraction of sp³-hybridized carbons (Fsp3) is 0.783. The average molecular weight is 415 g/mol. The number of hydrogen-bond donors (Lipinski definition) is 0. The molecule has 3 fully saturated rings. The lowest BCUT2D eigenvalue weighted by Gasteiger charge is -2.42. The monoisotopic (exact) mass is 414 g/mol. The van der Waals surface area contributed by atoms with Crippen molar-refractivity contribution in [3.8, 4) is 0 Å². The minimum absolute atomic E-state index is 0.296. The lowest BCUT2D eigenvalue weighted by molar-refractivity contribution is -0.133. The van der Waals surface area contributed by atoms with Gasteiger partial charge in [0.15, 0.2) is 0 Å². The number of rotatable bonds is 6. The Morgan fingerprint density at radius 3 is 2.13 bits per heavy atom. The van der Waals surface area contributed by atoms with Gasteiger partial charge < -0.3 is 9.80 Å². The molecule has 0 N–H and O–H groups in total. The van der Waals surface area contributed by atoms with Crippen molar-refractivity contribution in [1.82, 2.24) is 24.7 Å². The average Bonchev–Trinajstić information content (AvgIpc) is 2.97. The highest BCUT2D eigenvalue weighted by Gasteiger charge is 2.41. The quantitative estimate of drug-likeness (QED) is 0.712.